The number of nitrogens with zero attached hydrogens (tertiary/aromatic N) is 4. The second-order valence-corrected chi connectivity index (χ2v) is 8.37. The van der Waals surface area contributed by atoms with Crippen LogP contribution in [-0.4, -0.2) is 29.8 Å². The highest BCUT2D eigenvalue weighted by Gasteiger charge is 2.41. The van der Waals surface area contributed by atoms with E-state index in [1.165, 1.54) is 0 Å². The third kappa shape index (κ3) is 3.46. The molecule has 2 aromatic heterocycles. The zero-order valence-electron chi connectivity index (χ0n) is 17.4. The Bertz CT molecular complexity index is 1210. The maximum atomic E-state index is 12.9. The smallest absolute Gasteiger partial charge is 0.251 e. The Balaban J connectivity index is 1.56. The molecule has 2 aliphatic heterocycles. The fourth-order valence-corrected chi connectivity index (χ4v) is 5.25. The predicted octanol–water partition coefficient (Wildman–Crippen LogP) is 3.53. The average Bonchev–Trinajstić information content (AvgIpc) is 2.82. The fourth-order valence-electron chi connectivity index (χ4n) is 5.25. The largest absolute Gasteiger partial charge is 0.497 e. The quantitative estimate of drug-likeness (QED) is 0.656. The van der Waals surface area contributed by atoms with Gasteiger partial charge in [-0.15, -0.1) is 0 Å². The molecule has 6 nitrogen and oxygen atoms in total. The van der Waals surface area contributed by atoms with Gasteiger partial charge in [0.15, 0.2) is 0 Å². The van der Waals surface area contributed by atoms with Crippen molar-refractivity contribution in [2.75, 3.05) is 25.1 Å². The predicted molar refractivity (Wildman–Crippen MR) is 118 cm³/mol. The summed E-state index contributed by atoms with van der Waals surface area (Å²) in [6.45, 7) is 1.54. The van der Waals surface area contributed by atoms with Crippen molar-refractivity contribution in [3.63, 3.8) is 0 Å². The number of nitriles is 1. The van der Waals surface area contributed by atoms with E-state index < -0.39 is 0 Å². The summed E-state index contributed by atoms with van der Waals surface area (Å²) >= 11 is 0. The summed E-state index contributed by atoms with van der Waals surface area (Å²) in [7, 11) is 1.67. The standard InChI is InChI=1S/C25H24N4O2/c1-31-21-7-2-5-17(11-21)12-23-20-13-19(22-8-3-9-24(30)29(22)23)15-28(16-20)25-18(14-26)6-4-10-27-25/h2-11,19-20,23H,12-13,15-16H2,1H3/t19-,20+,23+/m1/s1. The zero-order chi connectivity index (χ0) is 21.4. The van der Waals surface area contributed by atoms with Crippen LogP contribution in [0.4, 0.5) is 5.82 Å². The highest BCUT2D eigenvalue weighted by atomic mass is 16.5. The maximum Gasteiger partial charge on any atom is 0.251 e. The first-order valence-electron chi connectivity index (χ1n) is 10.6. The molecule has 0 saturated carbocycles. The molecule has 4 heterocycles. The molecule has 3 atom stereocenters. The number of methoxy groups -OCH3 is 1. The molecule has 2 aliphatic rings. The lowest BCUT2D eigenvalue weighted by Crippen LogP contribution is -2.50. The van der Waals surface area contributed by atoms with Gasteiger partial charge in [-0.1, -0.05) is 18.2 Å². The van der Waals surface area contributed by atoms with Gasteiger partial charge in [0, 0.05) is 43.0 Å². The lowest BCUT2D eigenvalue weighted by molar-refractivity contribution is 0.211. The summed E-state index contributed by atoms with van der Waals surface area (Å²) in [6, 6.07) is 19.6. The third-order valence-corrected chi connectivity index (χ3v) is 6.58. The van der Waals surface area contributed by atoms with Crippen molar-refractivity contribution in [3.05, 3.63) is 88.0 Å². The van der Waals surface area contributed by atoms with Crippen LogP contribution in [0.15, 0.2) is 65.6 Å². The molecule has 0 aliphatic carbocycles. The fraction of sp³-hybridized carbons (Fsp3) is 0.320. The van der Waals surface area contributed by atoms with E-state index in [1.807, 2.05) is 34.9 Å². The van der Waals surface area contributed by atoms with Gasteiger partial charge in [0.2, 0.25) is 0 Å². The van der Waals surface area contributed by atoms with Gasteiger partial charge in [-0.3, -0.25) is 4.79 Å². The SMILES string of the molecule is COc1cccc(C[C@H]2[C@H]3C[C@H](CN(c4ncccc4C#N)C3)c3cccc(=O)n32)c1. The van der Waals surface area contributed by atoms with E-state index in [0.29, 0.717) is 5.56 Å². The normalized spacial score (nSPS) is 21.8. The molecule has 0 N–H and O–H groups in total. The van der Waals surface area contributed by atoms with E-state index in [0.717, 1.165) is 48.8 Å². The first kappa shape index (κ1) is 19.4. The number of anilines is 1. The number of fused-ring (bicyclic) bond motifs is 4. The third-order valence-electron chi connectivity index (χ3n) is 6.58. The van der Waals surface area contributed by atoms with Crippen molar-refractivity contribution in [1.82, 2.24) is 9.55 Å². The van der Waals surface area contributed by atoms with Crippen LogP contribution >= 0.6 is 0 Å². The molecule has 156 valence electrons. The summed E-state index contributed by atoms with van der Waals surface area (Å²) in [5, 5.41) is 9.57. The average molecular weight is 412 g/mol. The van der Waals surface area contributed by atoms with E-state index in [1.54, 1.807) is 25.4 Å². The molecule has 1 aromatic carbocycles. The Labute approximate surface area is 181 Å². The molecule has 2 bridgehead atoms. The summed E-state index contributed by atoms with van der Waals surface area (Å²) in [6.07, 6.45) is 3.53. The molecule has 1 fully saturated rings. The minimum atomic E-state index is 0.0455. The van der Waals surface area contributed by atoms with Crippen molar-refractivity contribution in [2.45, 2.75) is 24.8 Å². The topological polar surface area (TPSA) is 71.2 Å². The van der Waals surface area contributed by atoms with Crippen LogP contribution in [-0.2, 0) is 6.42 Å². The van der Waals surface area contributed by atoms with Crippen LogP contribution in [0.1, 0.15) is 35.2 Å². The number of piperidine rings is 1. The van der Waals surface area contributed by atoms with Gasteiger partial charge in [0.25, 0.3) is 5.56 Å². The minimum absolute atomic E-state index is 0.0455. The molecule has 0 unspecified atom stereocenters. The van der Waals surface area contributed by atoms with Crippen molar-refractivity contribution < 1.29 is 4.74 Å². The molecule has 5 rings (SSSR count). The highest BCUT2D eigenvalue weighted by molar-refractivity contribution is 5.54. The lowest BCUT2D eigenvalue weighted by atomic mass is 9.76. The summed E-state index contributed by atoms with van der Waals surface area (Å²) < 4.78 is 7.42. The van der Waals surface area contributed by atoms with E-state index in [-0.39, 0.29) is 23.4 Å². The lowest BCUT2D eigenvalue weighted by Gasteiger charge is -2.47. The molecule has 3 aromatic rings. The number of benzene rings is 1. The Morgan fingerprint density at radius 2 is 2.03 bits per heavy atom. The second-order valence-electron chi connectivity index (χ2n) is 8.37. The number of hydrogen-bond acceptors (Lipinski definition) is 5. The molecule has 31 heavy (non-hydrogen) atoms. The second kappa shape index (κ2) is 7.92. The Hall–Kier alpha value is -3.59. The number of pyridine rings is 2. The van der Waals surface area contributed by atoms with Gasteiger partial charge in [-0.2, -0.15) is 5.26 Å². The van der Waals surface area contributed by atoms with E-state index in [4.69, 9.17) is 4.74 Å². The highest BCUT2D eigenvalue weighted by Crippen LogP contribution is 2.43. The van der Waals surface area contributed by atoms with Crippen LogP contribution in [0.3, 0.4) is 0 Å². The van der Waals surface area contributed by atoms with Crippen LogP contribution in [0.5, 0.6) is 5.75 Å². The molecule has 1 saturated heterocycles. The van der Waals surface area contributed by atoms with Gasteiger partial charge < -0.3 is 14.2 Å². The van der Waals surface area contributed by atoms with Gasteiger partial charge in [0.05, 0.1) is 12.7 Å². The van der Waals surface area contributed by atoms with Gasteiger partial charge in [-0.05, 0) is 54.7 Å². The van der Waals surface area contributed by atoms with Crippen LogP contribution in [0, 0.1) is 17.2 Å². The number of hydrogen-bond donors (Lipinski definition) is 0. The van der Waals surface area contributed by atoms with Crippen LogP contribution in [0.25, 0.3) is 0 Å². The molecule has 0 amide bonds. The van der Waals surface area contributed by atoms with Crippen molar-refractivity contribution in [1.29, 1.82) is 5.26 Å². The van der Waals surface area contributed by atoms with Crippen molar-refractivity contribution in [2.24, 2.45) is 5.92 Å². The Kier molecular flexibility index (Phi) is 4.95. The van der Waals surface area contributed by atoms with Gasteiger partial charge in [-0.25, -0.2) is 4.98 Å². The molecule has 0 spiro atoms. The van der Waals surface area contributed by atoms with Crippen LogP contribution < -0.4 is 15.2 Å². The minimum Gasteiger partial charge on any atom is -0.497 e. The maximum absolute atomic E-state index is 12.9. The molecular weight excluding hydrogens is 388 g/mol. The number of ether oxygens (including phenoxy) is 1. The molecule has 0 radical (unpaired) electrons. The zero-order valence-corrected chi connectivity index (χ0v) is 17.4. The molecule has 6 heteroatoms. The first-order chi connectivity index (χ1) is 15.2. The monoisotopic (exact) mass is 412 g/mol. The summed E-state index contributed by atoms with van der Waals surface area (Å²) in [4.78, 5) is 19.7. The molecular formula is C25H24N4O2. The Morgan fingerprint density at radius 3 is 2.87 bits per heavy atom. The summed E-state index contributed by atoms with van der Waals surface area (Å²) in [5.41, 5.74) is 2.88. The number of rotatable bonds is 4. The van der Waals surface area contributed by atoms with E-state index in [9.17, 15) is 10.1 Å². The van der Waals surface area contributed by atoms with Crippen molar-refractivity contribution in [3.8, 4) is 11.8 Å². The van der Waals surface area contributed by atoms with Gasteiger partial charge in [0.1, 0.15) is 17.6 Å². The van der Waals surface area contributed by atoms with Crippen LogP contribution in [0.2, 0.25) is 0 Å². The Morgan fingerprint density at radius 1 is 1.16 bits per heavy atom. The van der Waals surface area contributed by atoms with E-state index >= 15 is 0 Å². The summed E-state index contributed by atoms with van der Waals surface area (Å²) in [5.74, 6) is 2.09. The van der Waals surface area contributed by atoms with E-state index in [2.05, 4.69) is 28.1 Å². The van der Waals surface area contributed by atoms with Crippen molar-refractivity contribution >= 4 is 5.82 Å². The number of aromatic nitrogens is 2. The van der Waals surface area contributed by atoms with Gasteiger partial charge >= 0.3 is 0 Å². The first-order valence-corrected chi connectivity index (χ1v) is 10.6.